The van der Waals surface area contributed by atoms with E-state index in [1.807, 2.05) is 86.6 Å². The van der Waals surface area contributed by atoms with Gasteiger partial charge in [-0.05, 0) is 73.7 Å². The maximum absolute atomic E-state index is 13.5. The van der Waals surface area contributed by atoms with Crippen molar-refractivity contribution in [2.45, 2.75) is 44.9 Å². The summed E-state index contributed by atoms with van der Waals surface area (Å²) >= 11 is 1.32. The Balaban J connectivity index is 1.70. The molecular formula is C28H28N2O2S. The average molecular weight is 457 g/mol. The summed E-state index contributed by atoms with van der Waals surface area (Å²) in [4.78, 5) is 29.7. The van der Waals surface area contributed by atoms with Crippen LogP contribution in [0.2, 0.25) is 0 Å². The summed E-state index contributed by atoms with van der Waals surface area (Å²) in [7, 11) is 0. The van der Waals surface area contributed by atoms with Crippen LogP contribution in [0.3, 0.4) is 0 Å². The Hall–Kier alpha value is -3.31. The van der Waals surface area contributed by atoms with Gasteiger partial charge in [0.15, 0.2) is 0 Å². The summed E-state index contributed by atoms with van der Waals surface area (Å²) in [5, 5.41) is 3.29. The lowest BCUT2D eigenvalue weighted by atomic mass is 10.1. The van der Waals surface area contributed by atoms with E-state index in [2.05, 4.69) is 12.2 Å². The molecule has 1 heterocycles. The first-order chi connectivity index (χ1) is 16.0. The Kier molecular flexibility index (Phi) is 6.99. The van der Waals surface area contributed by atoms with Gasteiger partial charge in [0.05, 0.1) is 5.69 Å². The van der Waals surface area contributed by atoms with Crippen LogP contribution in [-0.2, 0) is 16.0 Å². The fraction of sp³-hybridized carbons (Fsp3) is 0.214. The quantitative estimate of drug-likeness (QED) is 0.386. The molecule has 3 aromatic rings. The largest absolute Gasteiger partial charge is 0.350 e. The Morgan fingerprint density at radius 2 is 1.58 bits per heavy atom. The number of nitrogens with one attached hydrogen (secondary N) is 1. The summed E-state index contributed by atoms with van der Waals surface area (Å²) < 4.78 is 0. The molecule has 1 aliphatic rings. The second-order valence-corrected chi connectivity index (χ2v) is 9.29. The molecule has 5 heteroatoms. The lowest BCUT2D eigenvalue weighted by molar-refractivity contribution is -0.120. The lowest BCUT2D eigenvalue weighted by Gasteiger charge is -2.16. The SMILES string of the molecule is CCCCc1ccc(N2C(=O)C(Nc3cccc(C)c3C)=C(Sc3ccccc3)C2=O)cc1. The zero-order valence-corrected chi connectivity index (χ0v) is 20.0. The molecule has 0 unspecified atom stereocenters. The molecule has 168 valence electrons. The smallest absolute Gasteiger partial charge is 0.283 e. The van der Waals surface area contributed by atoms with Gasteiger partial charge in [0.1, 0.15) is 10.6 Å². The second kappa shape index (κ2) is 10.1. The number of rotatable bonds is 8. The standard InChI is InChI=1S/C28H28N2O2S/c1-4-5-11-21-15-17-22(18-16-21)30-27(31)25(29-24-14-9-10-19(2)20(24)3)26(28(30)32)33-23-12-7-6-8-13-23/h6-10,12-18,29H,4-5,11H2,1-3H3. The molecule has 0 saturated heterocycles. The Bertz CT molecular complexity index is 1200. The number of hydrogen-bond donors (Lipinski definition) is 1. The van der Waals surface area contributed by atoms with Gasteiger partial charge in [-0.3, -0.25) is 9.59 Å². The zero-order valence-electron chi connectivity index (χ0n) is 19.2. The predicted molar refractivity (Wildman–Crippen MR) is 136 cm³/mol. The van der Waals surface area contributed by atoms with Gasteiger partial charge in [-0.25, -0.2) is 4.90 Å². The molecule has 0 spiro atoms. The number of hydrogen-bond acceptors (Lipinski definition) is 4. The number of benzene rings is 3. The van der Waals surface area contributed by atoms with Crippen LogP contribution in [0, 0.1) is 13.8 Å². The maximum atomic E-state index is 13.5. The molecule has 0 atom stereocenters. The number of thioether (sulfide) groups is 1. The number of anilines is 2. The lowest BCUT2D eigenvalue weighted by Crippen LogP contribution is -2.32. The molecule has 0 bridgehead atoms. The molecule has 3 aromatic carbocycles. The van der Waals surface area contributed by atoms with Gasteiger partial charge in [-0.1, -0.05) is 67.6 Å². The van der Waals surface area contributed by atoms with Crippen LogP contribution >= 0.6 is 11.8 Å². The molecule has 0 radical (unpaired) electrons. The molecule has 33 heavy (non-hydrogen) atoms. The van der Waals surface area contributed by atoms with Crippen molar-refractivity contribution in [1.29, 1.82) is 0 Å². The van der Waals surface area contributed by atoms with Crippen molar-refractivity contribution in [3.63, 3.8) is 0 Å². The normalized spacial score (nSPS) is 13.7. The highest BCUT2D eigenvalue weighted by Crippen LogP contribution is 2.38. The van der Waals surface area contributed by atoms with E-state index in [1.165, 1.54) is 22.2 Å². The number of nitrogens with zero attached hydrogens (tertiary/aromatic N) is 1. The van der Waals surface area contributed by atoms with E-state index in [9.17, 15) is 9.59 Å². The van der Waals surface area contributed by atoms with Crippen molar-refractivity contribution in [1.82, 2.24) is 0 Å². The van der Waals surface area contributed by atoms with E-state index >= 15 is 0 Å². The van der Waals surface area contributed by atoms with Crippen molar-refractivity contribution in [2.75, 3.05) is 10.2 Å². The number of imide groups is 1. The summed E-state index contributed by atoms with van der Waals surface area (Å²) in [6, 6.07) is 23.3. The fourth-order valence-corrected chi connectivity index (χ4v) is 4.72. The summed E-state index contributed by atoms with van der Waals surface area (Å²) in [5.74, 6) is -0.636. The van der Waals surface area contributed by atoms with Gasteiger partial charge in [0, 0.05) is 10.6 Å². The van der Waals surface area contributed by atoms with E-state index < -0.39 is 0 Å². The Morgan fingerprint density at radius 3 is 2.27 bits per heavy atom. The van der Waals surface area contributed by atoms with Crippen molar-refractivity contribution < 1.29 is 9.59 Å². The number of amides is 2. The van der Waals surface area contributed by atoms with Gasteiger partial charge in [0.2, 0.25) is 0 Å². The topological polar surface area (TPSA) is 49.4 Å². The van der Waals surface area contributed by atoms with Crippen LogP contribution in [0.5, 0.6) is 0 Å². The van der Waals surface area contributed by atoms with Gasteiger partial charge < -0.3 is 5.32 Å². The Morgan fingerprint density at radius 1 is 0.848 bits per heavy atom. The molecular weight excluding hydrogens is 428 g/mol. The maximum Gasteiger partial charge on any atom is 0.283 e. The summed E-state index contributed by atoms with van der Waals surface area (Å²) in [5.41, 5.74) is 5.11. The highest BCUT2D eigenvalue weighted by molar-refractivity contribution is 8.04. The number of carbonyl (C=O) groups excluding carboxylic acids is 2. The van der Waals surface area contributed by atoms with E-state index in [1.54, 1.807) is 0 Å². The van der Waals surface area contributed by atoms with Crippen LogP contribution in [-0.4, -0.2) is 11.8 Å². The van der Waals surface area contributed by atoms with Crippen LogP contribution in [0.4, 0.5) is 11.4 Å². The molecule has 4 nitrogen and oxygen atoms in total. The predicted octanol–water partition coefficient (Wildman–Crippen LogP) is 6.64. The minimum Gasteiger partial charge on any atom is -0.350 e. The van der Waals surface area contributed by atoms with Gasteiger partial charge in [0.25, 0.3) is 11.8 Å². The number of carbonyl (C=O) groups is 2. The third kappa shape index (κ3) is 4.88. The van der Waals surface area contributed by atoms with E-state index in [4.69, 9.17) is 0 Å². The van der Waals surface area contributed by atoms with Crippen LogP contribution in [0.1, 0.15) is 36.5 Å². The van der Waals surface area contributed by atoms with Crippen molar-refractivity contribution in [3.8, 4) is 0 Å². The minimum absolute atomic E-state index is 0.303. The molecule has 1 aliphatic heterocycles. The van der Waals surface area contributed by atoms with E-state index in [-0.39, 0.29) is 11.8 Å². The molecule has 2 amide bonds. The van der Waals surface area contributed by atoms with Crippen molar-refractivity contribution in [3.05, 3.63) is 100 Å². The van der Waals surface area contributed by atoms with Crippen molar-refractivity contribution >= 4 is 35.0 Å². The Labute approximate surface area is 199 Å². The molecule has 4 rings (SSSR count). The number of unbranched alkanes of at least 4 members (excludes halogenated alkanes) is 1. The molecule has 0 aromatic heterocycles. The average Bonchev–Trinajstić information content (AvgIpc) is 3.05. The molecule has 0 fully saturated rings. The molecule has 0 aliphatic carbocycles. The van der Waals surface area contributed by atoms with Gasteiger partial charge in [-0.2, -0.15) is 0 Å². The van der Waals surface area contributed by atoms with Crippen LogP contribution < -0.4 is 10.2 Å². The minimum atomic E-state index is -0.333. The second-order valence-electron chi connectivity index (χ2n) is 8.21. The van der Waals surface area contributed by atoms with Crippen LogP contribution in [0.25, 0.3) is 0 Å². The van der Waals surface area contributed by atoms with Gasteiger partial charge >= 0.3 is 0 Å². The van der Waals surface area contributed by atoms with Gasteiger partial charge in [-0.15, -0.1) is 0 Å². The highest BCUT2D eigenvalue weighted by atomic mass is 32.2. The fourth-order valence-electron chi connectivity index (χ4n) is 3.77. The first kappa shape index (κ1) is 22.9. The van der Waals surface area contributed by atoms with E-state index in [0.29, 0.717) is 16.3 Å². The molecule has 0 saturated carbocycles. The monoisotopic (exact) mass is 456 g/mol. The van der Waals surface area contributed by atoms with Crippen molar-refractivity contribution in [2.24, 2.45) is 0 Å². The van der Waals surface area contributed by atoms with Crippen LogP contribution in [0.15, 0.2) is 88.3 Å². The molecule has 1 N–H and O–H groups in total. The first-order valence-corrected chi connectivity index (χ1v) is 12.1. The third-order valence-corrected chi connectivity index (χ3v) is 6.97. The number of aryl methyl sites for hydroxylation is 2. The summed E-state index contributed by atoms with van der Waals surface area (Å²) in [6.45, 7) is 6.21. The zero-order chi connectivity index (χ0) is 23.4. The highest BCUT2D eigenvalue weighted by Gasteiger charge is 2.40. The van der Waals surface area contributed by atoms with E-state index in [0.717, 1.165) is 41.0 Å². The summed E-state index contributed by atoms with van der Waals surface area (Å²) in [6.07, 6.45) is 3.23. The third-order valence-electron chi connectivity index (χ3n) is 5.88. The first-order valence-electron chi connectivity index (χ1n) is 11.3.